The first-order valence-corrected chi connectivity index (χ1v) is 8.21. The molecular formula is C18H22N4O2. The molecule has 126 valence electrons. The first-order chi connectivity index (χ1) is 11.7. The Morgan fingerprint density at radius 1 is 1.29 bits per heavy atom. The van der Waals surface area contributed by atoms with Crippen LogP contribution in [0.2, 0.25) is 0 Å². The summed E-state index contributed by atoms with van der Waals surface area (Å²) < 4.78 is 5.27. The first-order valence-electron chi connectivity index (χ1n) is 8.21. The number of pyridine rings is 2. The van der Waals surface area contributed by atoms with Gasteiger partial charge in [0.15, 0.2) is 0 Å². The van der Waals surface area contributed by atoms with E-state index in [1.807, 2.05) is 24.4 Å². The highest BCUT2D eigenvalue weighted by Gasteiger charge is 2.18. The third kappa shape index (κ3) is 4.29. The van der Waals surface area contributed by atoms with Crippen molar-refractivity contribution >= 4 is 11.7 Å². The van der Waals surface area contributed by atoms with Gasteiger partial charge in [-0.1, -0.05) is 6.07 Å². The molecule has 24 heavy (non-hydrogen) atoms. The Hall–Kier alpha value is -2.47. The van der Waals surface area contributed by atoms with Crippen molar-refractivity contribution in [1.82, 2.24) is 14.9 Å². The quantitative estimate of drug-likeness (QED) is 0.910. The van der Waals surface area contributed by atoms with Crippen LogP contribution in [0.4, 0.5) is 5.82 Å². The number of nitrogens with one attached hydrogen (secondary N) is 1. The van der Waals surface area contributed by atoms with Crippen LogP contribution in [-0.2, 0) is 11.2 Å². The van der Waals surface area contributed by atoms with E-state index in [-0.39, 0.29) is 11.9 Å². The zero-order valence-electron chi connectivity index (χ0n) is 13.8. The van der Waals surface area contributed by atoms with Crippen LogP contribution in [0, 0.1) is 0 Å². The zero-order chi connectivity index (χ0) is 16.8. The van der Waals surface area contributed by atoms with E-state index in [2.05, 4.69) is 28.3 Å². The van der Waals surface area contributed by atoms with Crippen LogP contribution in [-0.4, -0.2) is 53.1 Å². The third-order valence-corrected chi connectivity index (χ3v) is 3.97. The molecule has 1 fully saturated rings. The minimum Gasteiger partial charge on any atom is -0.378 e. The Kier molecular flexibility index (Phi) is 5.38. The summed E-state index contributed by atoms with van der Waals surface area (Å²) in [6, 6.07) is 7.90. The Bertz CT molecular complexity index is 654. The Labute approximate surface area is 141 Å². The molecule has 0 bridgehead atoms. The second-order valence-corrected chi connectivity index (χ2v) is 5.95. The Morgan fingerprint density at radius 2 is 2.12 bits per heavy atom. The monoisotopic (exact) mass is 326 g/mol. The molecule has 1 saturated heterocycles. The van der Waals surface area contributed by atoms with Gasteiger partial charge in [-0.25, -0.2) is 4.98 Å². The van der Waals surface area contributed by atoms with Gasteiger partial charge in [0.05, 0.1) is 18.8 Å². The highest BCUT2D eigenvalue weighted by atomic mass is 16.5. The molecule has 1 atom stereocenters. The number of aromatic nitrogens is 2. The van der Waals surface area contributed by atoms with Crippen molar-refractivity contribution in [2.75, 3.05) is 31.6 Å². The van der Waals surface area contributed by atoms with E-state index in [4.69, 9.17) is 4.74 Å². The standard InChI is InChI=1S/C18H22N4O2/c1-14(11-15-3-2-6-19-12-15)21-17-5-4-16(13-20-17)18(23)22-7-9-24-10-8-22/h2-6,12-14H,7-11H2,1H3,(H,20,21). The average molecular weight is 326 g/mol. The number of rotatable bonds is 5. The summed E-state index contributed by atoms with van der Waals surface area (Å²) in [7, 11) is 0. The predicted octanol–water partition coefficient (Wildman–Crippen LogP) is 1.99. The fraction of sp³-hybridized carbons (Fsp3) is 0.389. The van der Waals surface area contributed by atoms with Crippen LogP contribution in [0.1, 0.15) is 22.8 Å². The molecule has 6 nitrogen and oxygen atoms in total. The van der Waals surface area contributed by atoms with Crippen molar-refractivity contribution in [1.29, 1.82) is 0 Å². The molecule has 3 heterocycles. The van der Waals surface area contributed by atoms with Crippen molar-refractivity contribution in [2.45, 2.75) is 19.4 Å². The fourth-order valence-electron chi connectivity index (χ4n) is 2.73. The minimum atomic E-state index is 0.0146. The molecule has 0 aromatic carbocycles. The van der Waals surface area contributed by atoms with Crippen LogP contribution in [0.3, 0.4) is 0 Å². The lowest BCUT2D eigenvalue weighted by Gasteiger charge is -2.26. The number of carbonyl (C=O) groups excluding carboxylic acids is 1. The molecule has 1 aliphatic rings. The maximum atomic E-state index is 12.4. The minimum absolute atomic E-state index is 0.0146. The molecule has 0 spiro atoms. The van der Waals surface area contributed by atoms with Crippen molar-refractivity contribution in [3.05, 3.63) is 54.0 Å². The number of amides is 1. The molecule has 0 radical (unpaired) electrons. The van der Waals surface area contributed by atoms with Gasteiger partial charge in [0.1, 0.15) is 5.82 Å². The fourth-order valence-corrected chi connectivity index (χ4v) is 2.73. The molecule has 2 aromatic heterocycles. The zero-order valence-corrected chi connectivity index (χ0v) is 13.8. The van der Waals surface area contributed by atoms with E-state index in [1.165, 1.54) is 5.56 Å². The summed E-state index contributed by atoms with van der Waals surface area (Å²) in [6.07, 6.45) is 6.14. The van der Waals surface area contributed by atoms with E-state index in [0.29, 0.717) is 31.9 Å². The third-order valence-electron chi connectivity index (χ3n) is 3.97. The summed E-state index contributed by atoms with van der Waals surface area (Å²) in [5, 5.41) is 3.35. The van der Waals surface area contributed by atoms with Gasteiger partial charge in [-0.3, -0.25) is 9.78 Å². The van der Waals surface area contributed by atoms with Gasteiger partial charge in [0, 0.05) is 37.7 Å². The average Bonchev–Trinajstić information content (AvgIpc) is 2.63. The first kappa shape index (κ1) is 16.4. The Balaban J connectivity index is 1.56. The van der Waals surface area contributed by atoms with Crippen LogP contribution < -0.4 is 5.32 Å². The lowest BCUT2D eigenvalue weighted by atomic mass is 10.1. The van der Waals surface area contributed by atoms with Crippen molar-refractivity contribution < 1.29 is 9.53 Å². The number of hydrogen-bond donors (Lipinski definition) is 1. The molecule has 0 aliphatic carbocycles. The van der Waals surface area contributed by atoms with Gasteiger partial charge in [0.2, 0.25) is 0 Å². The van der Waals surface area contributed by atoms with Crippen molar-refractivity contribution in [2.24, 2.45) is 0 Å². The SMILES string of the molecule is CC(Cc1cccnc1)Nc1ccc(C(=O)N2CCOCC2)cn1. The number of morpholine rings is 1. The molecule has 1 N–H and O–H groups in total. The summed E-state index contributed by atoms with van der Waals surface area (Å²) in [4.78, 5) is 22.7. The molecule has 1 amide bonds. The van der Waals surface area contributed by atoms with Crippen molar-refractivity contribution in [3.63, 3.8) is 0 Å². The summed E-state index contributed by atoms with van der Waals surface area (Å²) in [6.45, 7) is 4.58. The summed E-state index contributed by atoms with van der Waals surface area (Å²) >= 11 is 0. The molecule has 0 saturated carbocycles. The summed E-state index contributed by atoms with van der Waals surface area (Å²) in [5.74, 6) is 0.783. The summed E-state index contributed by atoms with van der Waals surface area (Å²) in [5.41, 5.74) is 1.79. The maximum absolute atomic E-state index is 12.4. The highest BCUT2D eigenvalue weighted by molar-refractivity contribution is 5.94. The number of hydrogen-bond acceptors (Lipinski definition) is 5. The van der Waals surface area contributed by atoms with Gasteiger partial charge < -0.3 is 15.0 Å². The topological polar surface area (TPSA) is 67.4 Å². The highest BCUT2D eigenvalue weighted by Crippen LogP contribution is 2.12. The molecular weight excluding hydrogens is 304 g/mol. The van der Waals surface area contributed by atoms with Gasteiger partial charge in [0.25, 0.3) is 5.91 Å². The lowest BCUT2D eigenvalue weighted by Crippen LogP contribution is -2.40. The van der Waals surface area contributed by atoms with Crippen LogP contribution in [0.15, 0.2) is 42.9 Å². The normalized spacial score (nSPS) is 15.8. The van der Waals surface area contributed by atoms with Crippen LogP contribution in [0.25, 0.3) is 0 Å². The molecule has 1 unspecified atom stereocenters. The molecule has 6 heteroatoms. The lowest BCUT2D eigenvalue weighted by molar-refractivity contribution is 0.0302. The largest absolute Gasteiger partial charge is 0.378 e. The second kappa shape index (κ2) is 7.88. The van der Waals surface area contributed by atoms with E-state index >= 15 is 0 Å². The number of anilines is 1. The smallest absolute Gasteiger partial charge is 0.255 e. The van der Waals surface area contributed by atoms with Crippen molar-refractivity contribution in [3.8, 4) is 0 Å². The van der Waals surface area contributed by atoms with E-state index in [1.54, 1.807) is 17.3 Å². The molecule has 3 rings (SSSR count). The molecule has 1 aliphatic heterocycles. The number of ether oxygens (including phenoxy) is 1. The van der Waals surface area contributed by atoms with Gasteiger partial charge in [-0.2, -0.15) is 0 Å². The van der Waals surface area contributed by atoms with Crippen LogP contribution >= 0.6 is 0 Å². The maximum Gasteiger partial charge on any atom is 0.255 e. The van der Waals surface area contributed by atoms with Crippen LogP contribution in [0.5, 0.6) is 0 Å². The Morgan fingerprint density at radius 3 is 2.79 bits per heavy atom. The van der Waals surface area contributed by atoms with Gasteiger partial charge >= 0.3 is 0 Å². The predicted molar refractivity (Wildman–Crippen MR) is 92.0 cm³/mol. The van der Waals surface area contributed by atoms with E-state index in [0.717, 1.165) is 12.2 Å². The van der Waals surface area contributed by atoms with E-state index < -0.39 is 0 Å². The van der Waals surface area contributed by atoms with Gasteiger partial charge in [-0.05, 0) is 37.1 Å². The second-order valence-electron chi connectivity index (χ2n) is 5.95. The number of nitrogens with zero attached hydrogens (tertiary/aromatic N) is 3. The molecule has 2 aromatic rings. The van der Waals surface area contributed by atoms with E-state index in [9.17, 15) is 4.79 Å². The number of carbonyl (C=O) groups is 1. The van der Waals surface area contributed by atoms with Gasteiger partial charge in [-0.15, -0.1) is 0 Å².